The lowest BCUT2D eigenvalue weighted by atomic mass is 9.97. The number of hydrogen-bond acceptors (Lipinski definition) is 2. The molecule has 0 aromatic heterocycles. The Balaban J connectivity index is 1.94. The fraction of sp³-hybridized carbons (Fsp3) is 0.261. The number of hydrogen-bond donors (Lipinski definition) is 1. The van der Waals surface area contributed by atoms with E-state index in [0.29, 0.717) is 11.3 Å². The van der Waals surface area contributed by atoms with Crippen molar-refractivity contribution in [2.75, 3.05) is 7.11 Å². The Morgan fingerprint density at radius 2 is 1.73 bits per heavy atom. The third kappa shape index (κ3) is 3.57. The third-order valence-corrected chi connectivity index (χ3v) is 4.83. The average molecular weight is 347 g/mol. The highest BCUT2D eigenvalue weighted by Crippen LogP contribution is 2.28. The van der Waals surface area contributed by atoms with E-state index in [1.165, 1.54) is 11.1 Å². The highest BCUT2D eigenvalue weighted by atomic mass is 16.5. The summed E-state index contributed by atoms with van der Waals surface area (Å²) in [4.78, 5) is 13.0. The number of aryl methyl sites for hydroxylation is 2. The predicted molar refractivity (Wildman–Crippen MR) is 107 cm³/mol. The van der Waals surface area contributed by atoms with Gasteiger partial charge in [-0.25, -0.2) is 0 Å². The topological polar surface area (TPSA) is 38.3 Å². The number of methoxy groups -OCH3 is 1. The molecule has 0 aliphatic rings. The quantitative estimate of drug-likeness (QED) is 0.676. The number of benzene rings is 3. The van der Waals surface area contributed by atoms with Crippen LogP contribution in [0.5, 0.6) is 5.75 Å². The van der Waals surface area contributed by atoms with Gasteiger partial charge in [0.1, 0.15) is 5.75 Å². The van der Waals surface area contributed by atoms with Crippen LogP contribution in [-0.2, 0) is 0 Å². The second-order valence-electron chi connectivity index (χ2n) is 6.69. The first-order chi connectivity index (χ1) is 12.5. The van der Waals surface area contributed by atoms with Crippen molar-refractivity contribution >= 4 is 16.7 Å². The Labute approximate surface area is 155 Å². The molecule has 0 aliphatic heterocycles. The molecule has 0 spiro atoms. The van der Waals surface area contributed by atoms with Gasteiger partial charge in [0.2, 0.25) is 0 Å². The summed E-state index contributed by atoms with van der Waals surface area (Å²) in [5.74, 6) is 0.483. The molecule has 3 aromatic rings. The first-order valence-electron chi connectivity index (χ1n) is 8.98. The molecule has 134 valence electrons. The molecular formula is C23H25NO2. The van der Waals surface area contributed by atoms with Gasteiger partial charge < -0.3 is 10.1 Å². The van der Waals surface area contributed by atoms with Crippen molar-refractivity contribution in [1.29, 1.82) is 0 Å². The summed E-state index contributed by atoms with van der Waals surface area (Å²) < 4.78 is 5.47. The van der Waals surface area contributed by atoms with Crippen LogP contribution in [0.4, 0.5) is 0 Å². The molecule has 0 heterocycles. The lowest BCUT2D eigenvalue weighted by molar-refractivity contribution is 0.0932. The number of fused-ring (bicyclic) bond motifs is 1. The van der Waals surface area contributed by atoms with E-state index in [1.54, 1.807) is 7.11 Å². The van der Waals surface area contributed by atoms with Gasteiger partial charge >= 0.3 is 0 Å². The van der Waals surface area contributed by atoms with Crippen molar-refractivity contribution in [3.8, 4) is 5.75 Å². The van der Waals surface area contributed by atoms with Crippen LogP contribution in [0.3, 0.4) is 0 Å². The van der Waals surface area contributed by atoms with Crippen LogP contribution >= 0.6 is 0 Å². The Bertz CT molecular complexity index is 946. The first kappa shape index (κ1) is 18.0. The molecular weight excluding hydrogens is 322 g/mol. The van der Waals surface area contributed by atoms with E-state index >= 15 is 0 Å². The molecule has 0 saturated carbocycles. The molecule has 0 bridgehead atoms. The summed E-state index contributed by atoms with van der Waals surface area (Å²) in [5.41, 5.74) is 4.15. The minimum Gasteiger partial charge on any atom is -0.496 e. The standard InChI is InChI=1S/C23H25NO2/c1-5-21(19-11-10-15(2)12-16(19)3)24-23(25)20-13-17-8-6-7-9-18(17)14-22(20)26-4/h6-14,21H,5H2,1-4H3,(H,24,25). The summed E-state index contributed by atoms with van der Waals surface area (Å²) in [6.45, 7) is 6.26. The lowest BCUT2D eigenvalue weighted by Gasteiger charge is -2.21. The van der Waals surface area contributed by atoms with E-state index in [9.17, 15) is 4.79 Å². The second-order valence-corrected chi connectivity index (χ2v) is 6.69. The van der Waals surface area contributed by atoms with Crippen LogP contribution in [0.1, 0.15) is 46.4 Å². The summed E-state index contributed by atoms with van der Waals surface area (Å²) in [6, 6.07) is 18.1. The van der Waals surface area contributed by atoms with Gasteiger partial charge in [-0.3, -0.25) is 4.79 Å². The van der Waals surface area contributed by atoms with E-state index < -0.39 is 0 Å². The van der Waals surface area contributed by atoms with Crippen LogP contribution in [0.15, 0.2) is 54.6 Å². The molecule has 1 amide bonds. The Morgan fingerprint density at radius 3 is 2.35 bits per heavy atom. The molecule has 0 saturated heterocycles. The van der Waals surface area contributed by atoms with Crippen LogP contribution in [0, 0.1) is 13.8 Å². The molecule has 0 radical (unpaired) electrons. The van der Waals surface area contributed by atoms with E-state index in [-0.39, 0.29) is 11.9 Å². The monoisotopic (exact) mass is 347 g/mol. The second kappa shape index (κ2) is 7.61. The van der Waals surface area contributed by atoms with Crippen molar-refractivity contribution in [3.05, 3.63) is 76.9 Å². The van der Waals surface area contributed by atoms with Crippen LogP contribution < -0.4 is 10.1 Å². The van der Waals surface area contributed by atoms with Gasteiger partial charge in [0.25, 0.3) is 5.91 Å². The highest BCUT2D eigenvalue weighted by Gasteiger charge is 2.19. The van der Waals surface area contributed by atoms with Crippen molar-refractivity contribution in [2.45, 2.75) is 33.2 Å². The minimum absolute atomic E-state index is 0.0284. The van der Waals surface area contributed by atoms with Gasteiger partial charge in [-0.15, -0.1) is 0 Å². The fourth-order valence-electron chi connectivity index (χ4n) is 3.42. The average Bonchev–Trinajstić information content (AvgIpc) is 2.65. The number of nitrogens with one attached hydrogen (secondary N) is 1. The smallest absolute Gasteiger partial charge is 0.255 e. The maximum Gasteiger partial charge on any atom is 0.255 e. The largest absolute Gasteiger partial charge is 0.496 e. The lowest BCUT2D eigenvalue weighted by Crippen LogP contribution is -2.29. The SMILES string of the molecule is CCC(NC(=O)c1cc2ccccc2cc1OC)c1ccc(C)cc1C. The molecule has 3 nitrogen and oxygen atoms in total. The summed E-state index contributed by atoms with van der Waals surface area (Å²) in [5, 5.41) is 5.26. The maximum absolute atomic E-state index is 13.0. The number of ether oxygens (including phenoxy) is 1. The zero-order chi connectivity index (χ0) is 18.7. The summed E-state index contributed by atoms with van der Waals surface area (Å²) >= 11 is 0. The van der Waals surface area contributed by atoms with Crippen molar-refractivity contribution in [2.24, 2.45) is 0 Å². The van der Waals surface area contributed by atoms with Gasteiger partial charge in [-0.1, -0.05) is 55.0 Å². The molecule has 3 aromatic carbocycles. The molecule has 1 N–H and O–H groups in total. The summed E-state index contributed by atoms with van der Waals surface area (Å²) in [6.07, 6.45) is 0.825. The molecule has 3 heteroatoms. The fourth-order valence-corrected chi connectivity index (χ4v) is 3.42. The molecule has 3 rings (SSSR count). The molecule has 0 aliphatic carbocycles. The maximum atomic E-state index is 13.0. The van der Waals surface area contributed by atoms with Crippen LogP contribution in [0.25, 0.3) is 10.8 Å². The minimum atomic E-state index is -0.112. The van der Waals surface area contributed by atoms with Gasteiger partial charge in [-0.05, 0) is 54.3 Å². The van der Waals surface area contributed by atoms with Crippen molar-refractivity contribution in [3.63, 3.8) is 0 Å². The number of rotatable bonds is 5. The van der Waals surface area contributed by atoms with Gasteiger partial charge in [0.05, 0.1) is 18.7 Å². The van der Waals surface area contributed by atoms with E-state index in [0.717, 1.165) is 22.8 Å². The van der Waals surface area contributed by atoms with Gasteiger partial charge in [0, 0.05) is 0 Å². The van der Waals surface area contributed by atoms with Gasteiger partial charge in [-0.2, -0.15) is 0 Å². The first-order valence-corrected chi connectivity index (χ1v) is 8.98. The molecule has 0 fully saturated rings. The molecule has 1 unspecified atom stereocenters. The van der Waals surface area contributed by atoms with E-state index in [1.807, 2.05) is 36.4 Å². The van der Waals surface area contributed by atoms with Crippen molar-refractivity contribution < 1.29 is 9.53 Å². The predicted octanol–water partition coefficient (Wildman–Crippen LogP) is 5.35. The van der Waals surface area contributed by atoms with E-state index in [2.05, 4.69) is 44.3 Å². The zero-order valence-electron chi connectivity index (χ0n) is 15.8. The molecule has 26 heavy (non-hydrogen) atoms. The highest BCUT2D eigenvalue weighted by molar-refractivity contribution is 6.01. The van der Waals surface area contributed by atoms with Gasteiger partial charge in [0.15, 0.2) is 0 Å². The van der Waals surface area contributed by atoms with E-state index in [4.69, 9.17) is 4.74 Å². The Morgan fingerprint density at radius 1 is 1.04 bits per heavy atom. The normalized spacial score (nSPS) is 12.0. The number of carbonyl (C=O) groups excluding carboxylic acids is 1. The zero-order valence-corrected chi connectivity index (χ0v) is 15.8. The van der Waals surface area contributed by atoms with Crippen molar-refractivity contribution in [1.82, 2.24) is 5.32 Å². The Kier molecular flexibility index (Phi) is 5.27. The van der Waals surface area contributed by atoms with Crippen LogP contribution in [-0.4, -0.2) is 13.0 Å². The summed E-state index contributed by atoms with van der Waals surface area (Å²) in [7, 11) is 1.60. The molecule has 1 atom stereocenters. The van der Waals surface area contributed by atoms with Crippen LogP contribution in [0.2, 0.25) is 0 Å². The Hall–Kier alpha value is -2.81. The third-order valence-electron chi connectivity index (χ3n) is 4.83. The number of amides is 1. The number of carbonyl (C=O) groups is 1.